The maximum Gasteiger partial charge on any atom is 0.337 e. The second kappa shape index (κ2) is 5.87. The highest BCUT2D eigenvalue weighted by atomic mass is 16.4. The molecule has 0 radical (unpaired) electrons. The summed E-state index contributed by atoms with van der Waals surface area (Å²) in [6.07, 6.45) is 8.16. The van der Waals surface area contributed by atoms with Gasteiger partial charge in [-0.2, -0.15) is 0 Å². The van der Waals surface area contributed by atoms with Gasteiger partial charge in [-0.1, -0.05) is 12.2 Å². The lowest BCUT2D eigenvalue weighted by Crippen LogP contribution is -2.12. The van der Waals surface area contributed by atoms with Crippen molar-refractivity contribution in [3.63, 3.8) is 0 Å². The Morgan fingerprint density at radius 3 is 3.05 bits per heavy atom. The number of imidazole rings is 1. The van der Waals surface area contributed by atoms with Crippen LogP contribution in [0.15, 0.2) is 18.7 Å². The fourth-order valence-corrected chi connectivity index (χ4v) is 2.60. The van der Waals surface area contributed by atoms with E-state index in [2.05, 4.69) is 16.1 Å². The highest BCUT2D eigenvalue weighted by Gasteiger charge is 2.25. The minimum atomic E-state index is -0.854. The summed E-state index contributed by atoms with van der Waals surface area (Å²) in [7, 11) is 0. The fourth-order valence-electron chi connectivity index (χ4n) is 2.60. The minimum Gasteiger partial charge on any atom is -0.478 e. The number of allylic oxidation sites excluding steroid dienone is 2. The van der Waals surface area contributed by atoms with Gasteiger partial charge in [0.05, 0.1) is 17.0 Å². The summed E-state index contributed by atoms with van der Waals surface area (Å²) in [5.74, 6) is 0.150. The Morgan fingerprint density at radius 1 is 1.63 bits per heavy atom. The van der Waals surface area contributed by atoms with Gasteiger partial charge >= 0.3 is 5.97 Å². The van der Waals surface area contributed by atoms with Crippen molar-refractivity contribution in [3.8, 4) is 0 Å². The molecule has 2 rings (SSSR count). The van der Waals surface area contributed by atoms with Crippen LogP contribution >= 0.6 is 0 Å². The van der Waals surface area contributed by atoms with E-state index in [1.807, 2.05) is 19.1 Å². The number of hydrogen-bond acceptors (Lipinski definition) is 2. The maximum absolute atomic E-state index is 11.3. The van der Waals surface area contributed by atoms with Crippen LogP contribution in [0.5, 0.6) is 0 Å². The standard InChI is InChI=1S/C15H20N2O2/c1-3-5-6-10-13-16-12-9-7-8-11(15(18)19)14(12)17(13)4-2/h3,8H,1,4-7,9-10H2,2H3,(H,18,19). The van der Waals surface area contributed by atoms with Gasteiger partial charge in [-0.05, 0) is 32.6 Å². The second-order valence-corrected chi connectivity index (χ2v) is 4.71. The van der Waals surface area contributed by atoms with Gasteiger partial charge in [0.1, 0.15) is 5.82 Å². The van der Waals surface area contributed by atoms with Crippen LogP contribution in [-0.2, 0) is 24.2 Å². The smallest absolute Gasteiger partial charge is 0.337 e. The lowest BCUT2D eigenvalue weighted by atomic mass is 10.00. The molecule has 0 fully saturated rings. The Bertz CT molecular complexity index is 526. The highest BCUT2D eigenvalue weighted by molar-refractivity contribution is 6.15. The quantitative estimate of drug-likeness (QED) is 0.632. The number of carbonyl (C=O) groups is 1. The summed E-state index contributed by atoms with van der Waals surface area (Å²) < 4.78 is 2.05. The first-order valence-electron chi connectivity index (χ1n) is 6.82. The van der Waals surface area contributed by atoms with E-state index < -0.39 is 5.97 Å². The van der Waals surface area contributed by atoms with Crippen molar-refractivity contribution in [2.24, 2.45) is 0 Å². The van der Waals surface area contributed by atoms with Gasteiger partial charge in [0.2, 0.25) is 0 Å². The van der Waals surface area contributed by atoms with E-state index in [-0.39, 0.29) is 0 Å². The predicted molar refractivity (Wildman–Crippen MR) is 75.0 cm³/mol. The van der Waals surface area contributed by atoms with Crippen LogP contribution in [0, 0.1) is 0 Å². The number of hydrogen-bond donors (Lipinski definition) is 1. The molecular formula is C15H20N2O2. The molecule has 1 aromatic rings. The van der Waals surface area contributed by atoms with Crippen molar-refractivity contribution in [1.29, 1.82) is 0 Å². The molecule has 1 aliphatic carbocycles. The van der Waals surface area contributed by atoms with E-state index in [1.54, 1.807) is 0 Å². The van der Waals surface area contributed by atoms with Crippen molar-refractivity contribution in [3.05, 3.63) is 35.9 Å². The first-order valence-corrected chi connectivity index (χ1v) is 6.82. The van der Waals surface area contributed by atoms with Crippen molar-refractivity contribution < 1.29 is 9.90 Å². The summed E-state index contributed by atoms with van der Waals surface area (Å²) in [5, 5.41) is 9.31. The summed E-state index contributed by atoms with van der Waals surface area (Å²) >= 11 is 0. The Balaban J connectivity index is 2.36. The molecule has 19 heavy (non-hydrogen) atoms. The van der Waals surface area contributed by atoms with Crippen LogP contribution in [0.3, 0.4) is 0 Å². The van der Waals surface area contributed by atoms with Gasteiger partial charge in [-0.3, -0.25) is 0 Å². The third kappa shape index (κ3) is 2.62. The number of aliphatic carboxylic acids is 1. The van der Waals surface area contributed by atoms with E-state index in [1.165, 1.54) is 0 Å². The molecule has 1 heterocycles. The number of carboxylic acid groups (broad SMARTS) is 1. The van der Waals surface area contributed by atoms with Crippen LogP contribution in [0.2, 0.25) is 0 Å². The van der Waals surface area contributed by atoms with Gasteiger partial charge in [0.25, 0.3) is 0 Å². The fraction of sp³-hybridized carbons (Fsp3) is 0.467. The van der Waals surface area contributed by atoms with Crippen LogP contribution in [-0.4, -0.2) is 20.6 Å². The number of nitrogens with zero attached hydrogens (tertiary/aromatic N) is 2. The van der Waals surface area contributed by atoms with Crippen molar-refractivity contribution >= 4 is 11.5 Å². The summed E-state index contributed by atoms with van der Waals surface area (Å²) in [6, 6.07) is 0. The Morgan fingerprint density at radius 2 is 2.42 bits per heavy atom. The zero-order valence-corrected chi connectivity index (χ0v) is 11.4. The van der Waals surface area contributed by atoms with Crippen molar-refractivity contribution in [2.45, 2.75) is 45.6 Å². The van der Waals surface area contributed by atoms with E-state index in [0.717, 1.165) is 55.9 Å². The van der Waals surface area contributed by atoms with E-state index in [0.29, 0.717) is 5.57 Å². The number of carboxylic acids is 1. The SMILES string of the molecule is C=CCCCc1nc2c(n1CC)C(C(=O)O)=CCC2. The molecule has 1 N–H and O–H groups in total. The molecule has 1 aliphatic rings. The summed E-state index contributed by atoms with van der Waals surface area (Å²) in [6.45, 7) is 6.52. The lowest BCUT2D eigenvalue weighted by Gasteiger charge is -2.13. The van der Waals surface area contributed by atoms with E-state index >= 15 is 0 Å². The minimum absolute atomic E-state index is 0.408. The Kier molecular flexibility index (Phi) is 4.20. The molecule has 0 unspecified atom stereocenters. The lowest BCUT2D eigenvalue weighted by molar-refractivity contribution is -0.130. The van der Waals surface area contributed by atoms with Gasteiger partial charge in [-0.15, -0.1) is 6.58 Å². The molecule has 4 nitrogen and oxygen atoms in total. The molecule has 0 saturated heterocycles. The van der Waals surface area contributed by atoms with Crippen LogP contribution in [0.1, 0.15) is 43.4 Å². The molecule has 0 aliphatic heterocycles. The van der Waals surface area contributed by atoms with Crippen LogP contribution in [0.4, 0.5) is 0 Å². The number of aromatic nitrogens is 2. The molecule has 0 aromatic carbocycles. The zero-order valence-electron chi connectivity index (χ0n) is 11.4. The monoisotopic (exact) mass is 260 g/mol. The molecule has 1 aromatic heterocycles. The van der Waals surface area contributed by atoms with E-state index in [9.17, 15) is 9.90 Å². The van der Waals surface area contributed by atoms with Crippen LogP contribution < -0.4 is 0 Å². The molecule has 0 saturated carbocycles. The summed E-state index contributed by atoms with van der Waals surface area (Å²) in [4.78, 5) is 16.0. The van der Waals surface area contributed by atoms with Crippen LogP contribution in [0.25, 0.3) is 5.57 Å². The normalized spacial score (nSPS) is 13.8. The van der Waals surface area contributed by atoms with Crippen molar-refractivity contribution in [2.75, 3.05) is 0 Å². The van der Waals surface area contributed by atoms with Crippen molar-refractivity contribution in [1.82, 2.24) is 9.55 Å². The van der Waals surface area contributed by atoms with Gasteiger partial charge in [0, 0.05) is 13.0 Å². The first kappa shape index (κ1) is 13.6. The molecule has 0 bridgehead atoms. The van der Waals surface area contributed by atoms with E-state index in [4.69, 9.17) is 0 Å². The first-order chi connectivity index (χ1) is 9.19. The summed E-state index contributed by atoms with van der Waals surface area (Å²) in [5.41, 5.74) is 2.16. The van der Waals surface area contributed by atoms with Gasteiger partial charge in [-0.25, -0.2) is 9.78 Å². The molecular weight excluding hydrogens is 240 g/mol. The third-order valence-corrected chi connectivity index (χ3v) is 3.46. The number of unbranched alkanes of at least 4 members (excludes halogenated alkanes) is 1. The molecule has 0 amide bonds. The molecule has 0 atom stereocenters. The Hall–Kier alpha value is -1.84. The zero-order chi connectivity index (χ0) is 13.8. The molecule has 4 heteroatoms. The average Bonchev–Trinajstić information content (AvgIpc) is 2.76. The largest absolute Gasteiger partial charge is 0.478 e. The topological polar surface area (TPSA) is 55.1 Å². The average molecular weight is 260 g/mol. The number of fused-ring (bicyclic) bond motifs is 1. The second-order valence-electron chi connectivity index (χ2n) is 4.71. The van der Waals surface area contributed by atoms with Gasteiger partial charge < -0.3 is 9.67 Å². The Labute approximate surface area is 113 Å². The number of aryl methyl sites for hydroxylation is 2. The predicted octanol–water partition coefficient (Wildman–Crippen LogP) is 2.83. The molecule has 0 spiro atoms. The maximum atomic E-state index is 11.3. The molecule has 102 valence electrons. The highest BCUT2D eigenvalue weighted by Crippen LogP contribution is 2.28. The third-order valence-electron chi connectivity index (χ3n) is 3.46. The van der Waals surface area contributed by atoms with Gasteiger partial charge in [0.15, 0.2) is 0 Å². The number of rotatable bonds is 6.